The van der Waals surface area contributed by atoms with Gasteiger partial charge in [-0.1, -0.05) is 17.7 Å². The second-order valence-corrected chi connectivity index (χ2v) is 4.71. The number of carbonyl (C=O) groups excluding carboxylic acids is 2. The highest BCUT2D eigenvalue weighted by Crippen LogP contribution is 2.17. The van der Waals surface area contributed by atoms with Crippen molar-refractivity contribution in [3.8, 4) is 0 Å². The molecule has 0 saturated carbocycles. The Hall–Kier alpha value is -2.08. The molecular formula is C14H18O6. The summed E-state index contributed by atoms with van der Waals surface area (Å²) in [7, 11) is 0. The lowest BCUT2D eigenvalue weighted by Crippen LogP contribution is -2.16. The number of benzene rings is 1. The first-order valence-electron chi connectivity index (χ1n) is 6.15. The van der Waals surface area contributed by atoms with Crippen LogP contribution in [0.1, 0.15) is 40.9 Å². The van der Waals surface area contributed by atoms with Gasteiger partial charge in [-0.25, -0.2) is 14.5 Å². The first-order valence-corrected chi connectivity index (χ1v) is 6.15. The summed E-state index contributed by atoms with van der Waals surface area (Å²) in [6.07, 6.45) is -1.44. The van der Waals surface area contributed by atoms with Crippen molar-refractivity contribution in [1.29, 1.82) is 0 Å². The summed E-state index contributed by atoms with van der Waals surface area (Å²) in [5.41, 5.74) is 2.91. The molecule has 0 N–H and O–H groups in total. The van der Waals surface area contributed by atoms with Crippen LogP contribution in [-0.2, 0) is 19.6 Å². The molecule has 0 atom stereocenters. The van der Waals surface area contributed by atoms with Gasteiger partial charge in [0.25, 0.3) is 0 Å². The third-order valence-corrected chi connectivity index (χ3v) is 2.42. The Balaban J connectivity index is 2.58. The first-order chi connectivity index (χ1) is 9.31. The molecule has 6 nitrogen and oxygen atoms in total. The molecule has 110 valence electrons. The van der Waals surface area contributed by atoms with Crippen LogP contribution in [0.2, 0.25) is 0 Å². The van der Waals surface area contributed by atoms with Crippen LogP contribution < -0.4 is 0 Å². The minimum absolute atomic E-state index is 0.358. The summed E-state index contributed by atoms with van der Waals surface area (Å²) in [6.45, 7) is 8.78. The third-order valence-electron chi connectivity index (χ3n) is 2.42. The molecule has 0 spiro atoms. The molecule has 0 aliphatic rings. The summed E-state index contributed by atoms with van der Waals surface area (Å²) < 4.78 is 4.62. The normalized spacial score (nSPS) is 10.3. The molecule has 0 aliphatic heterocycles. The van der Waals surface area contributed by atoms with Crippen molar-refractivity contribution >= 4 is 12.1 Å². The lowest BCUT2D eigenvalue weighted by Gasteiger charge is -2.09. The van der Waals surface area contributed by atoms with E-state index in [4.69, 9.17) is 0 Å². The van der Waals surface area contributed by atoms with Crippen LogP contribution in [0.5, 0.6) is 0 Å². The largest absolute Gasteiger partial charge is 0.543 e. The summed E-state index contributed by atoms with van der Waals surface area (Å²) >= 11 is 0. The molecular weight excluding hydrogens is 264 g/mol. The van der Waals surface area contributed by atoms with E-state index in [0.29, 0.717) is 5.56 Å². The zero-order chi connectivity index (χ0) is 15.3. The standard InChI is InChI=1S/C14H18O6/c1-8(2)17-14(16)19-20-18-13(15)12-10(4)6-9(3)7-11(12)5/h6-8H,1-5H3. The topological polar surface area (TPSA) is 71.1 Å². The summed E-state index contributed by atoms with van der Waals surface area (Å²) in [6, 6.07) is 3.69. The zero-order valence-corrected chi connectivity index (χ0v) is 12.2. The van der Waals surface area contributed by atoms with Gasteiger partial charge in [0.05, 0.1) is 16.7 Å². The lowest BCUT2D eigenvalue weighted by molar-refractivity contribution is -0.452. The Morgan fingerprint density at radius 2 is 1.55 bits per heavy atom. The van der Waals surface area contributed by atoms with Gasteiger partial charge in [-0.05, 0) is 45.7 Å². The maximum Gasteiger partial charge on any atom is 0.543 e. The van der Waals surface area contributed by atoms with Gasteiger partial charge < -0.3 is 4.74 Å². The Labute approximate surface area is 117 Å². The minimum Gasteiger partial charge on any atom is -0.430 e. The summed E-state index contributed by atoms with van der Waals surface area (Å²) in [5.74, 6) is -0.739. The Kier molecular flexibility index (Phi) is 5.52. The van der Waals surface area contributed by atoms with Crippen molar-refractivity contribution in [3.05, 3.63) is 34.4 Å². The third kappa shape index (κ3) is 4.55. The molecule has 0 amide bonds. The molecule has 0 aliphatic carbocycles. The molecule has 0 heterocycles. The van der Waals surface area contributed by atoms with Gasteiger partial charge in [0, 0.05) is 0 Å². The molecule has 0 radical (unpaired) electrons. The summed E-state index contributed by atoms with van der Waals surface area (Å²) in [5, 5.41) is 4.13. The molecule has 0 aromatic heterocycles. The quantitative estimate of drug-likeness (QED) is 0.480. The zero-order valence-electron chi connectivity index (χ0n) is 12.2. The van der Waals surface area contributed by atoms with Crippen LogP contribution >= 0.6 is 0 Å². The average Bonchev–Trinajstić information content (AvgIpc) is 2.25. The van der Waals surface area contributed by atoms with Crippen LogP contribution in [0.3, 0.4) is 0 Å². The van der Waals surface area contributed by atoms with E-state index in [-0.39, 0.29) is 6.10 Å². The highest BCUT2D eigenvalue weighted by Gasteiger charge is 2.17. The maximum absolute atomic E-state index is 11.8. The van der Waals surface area contributed by atoms with E-state index in [9.17, 15) is 9.59 Å². The lowest BCUT2D eigenvalue weighted by atomic mass is 10.0. The minimum atomic E-state index is -1.08. The summed E-state index contributed by atoms with van der Waals surface area (Å²) in [4.78, 5) is 31.4. The molecule has 0 unspecified atom stereocenters. The molecule has 0 fully saturated rings. The molecule has 6 heteroatoms. The second kappa shape index (κ2) is 6.91. The van der Waals surface area contributed by atoms with E-state index < -0.39 is 12.1 Å². The number of ether oxygens (including phenoxy) is 1. The highest BCUT2D eigenvalue weighted by atomic mass is 17.5. The Morgan fingerprint density at radius 1 is 1.00 bits per heavy atom. The molecule has 20 heavy (non-hydrogen) atoms. The van der Waals surface area contributed by atoms with Crippen molar-refractivity contribution in [2.75, 3.05) is 0 Å². The van der Waals surface area contributed by atoms with Crippen LogP contribution in [0.4, 0.5) is 4.79 Å². The van der Waals surface area contributed by atoms with Crippen molar-refractivity contribution in [1.82, 2.24) is 0 Å². The van der Waals surface area contributed by atoms with E-state index in [2.05, 4.69) is 19.6 Å². The van der Waals surface area contributed by atoms with Gasteiger partial charge in [0.15, 0.2) is 0 Å². The number of hydrogen-bond donors (Lipinski definition) is 0. The fourth-order valence-corrected chi connectivity index (χ4v) is 1.83. The number of aryl methyl sites for hydroxylation is 3. The highest BCUT2D eigenvalue weighted by molar-refractivity contribution is 5.92. The average molecular weight is 282 g/mol. The molecule has 1 rings (SSSR count). The maximum atomic E-state index is 11.8. The van der Waals surface area contributed by atoms with E-state index in [1.807, 2.05) is 19.1 Å². The monoisotopic (exact) mass is 282 g/mol. The van der Waals surface area contributed by atoms with Crippen LogP contribution in [0.25, 0.3) is 0 Å². The van der Waals surface area contributed by atoms with Crippen molar-refractivity contribution in [2.24, 2.45) is 0 Å². The van der Waals surface area contributed by atoms with Gasteiger partial charge >= 0.3 is 12.1 Å². The molecule has 0 saturated heterocycles. The first kappa shape index (κ1) is 16.0. The van der Waals surface area contributed by atoms with E-state index >= 15 is 0 Å². The smallest absolute Gasteiger partial charge is 0.430 e. The van der Waals surface area contributed by atoms with Crippen molar-refractivity contribution < 1.29 is 29.1 Å². The number of rotatable bonds is 4. The predicted octanol–water partition coefficient (Wildman–Crippen LogP) is 3.18. The fraction of sp³-hybridized carbons (Fsp3) is 0.429. The molecule has 1 aromatic rings. The van der Waals surface area contributed by atoms with Crippen LogP contribution in [-0.4, -0.2) is 18.2 Å². The Bertz CT molecular complexity index is 483. The van der Waals surface area contributed by atoms with E-state index in [1.54, 1.807) is 27.7 Å². The van der Waals surface area contributed by atoms with Crippen LogP contribution in [0, 0.1) is 20.8 Å². The SMILES string of the molecule is Cc1cc(C)c(C(=O)OOOC(=O)OC(C)C)c(C)c1. The van der Waals surface area contributed by atoms with Crippen molar-refractivity contribution in [2.45, 2.75) is 40.7 Å². The van der Waals surface area contributed by atoms with Gasteiger partial charge in [-0.3, -0.25) is 4.89 Å². The Morgan fingerprint density at radius 3 is 2.05 bits per heavy atom. The van der Waals surface area contributed by atoms with Crippen LogP contribution in [0.15, 0.2) is 12.1 Å². The fourth-order valence-electron chi connectivity index (χ4n) is 1.83. The van der Waals surface area contributed by atoms with Crippen molar-refractivity contribution in [3.63, 3.8) is 0 Å². The number of carbonyl (C=O) groups is 2. The van der Waals surface area contributed by atoms with E-state index in [1.165, 1.54) is 0 Å². The van der Waals surface area contributed by atoms with Gasteiger partial charge in [0.2, 0.25) is 0 Å². The molecule has 0 bridgehead atoms. The van der Waals surface area contributed by atoms with Gasteiger partial charge in [-0.2, -0.15) is 0 Å². The molecule has 1 aromatic carbocycles. The predicted molar refractivity (Wildman–Crippen MR) is 69.9 cm³/mol. The number of hydrogen-bond acceptors (Lipinski definition) is 6. The van der Waals surface area contributed by atoms with Gasteiger partial charge in [0.1, 0.15) is 0 Å². The second-order valence-electron chi connectivity index (χ2n) is 4.71. The van der Waals surface area contributed by atoms with Gasteiger partial charge in [-0.15, -0.1) is 0 Å². The van der Waals surface area contributed by atoms with E-state index in [0.717, 1.165) is 16.7 Å².